The molecule has 88 valence electrons. The second-order valence-corrected chi connectivity index (χ2v) is 3.64. The fourth-order valence-corrected chi connectivity index (χ4v) is 1.54. The molecule has 7 heteroatoms. The van der Waals surface area contributed by atoms with Gasteiger partial charge >= 0.3 is 0 Å². The molecule has 2 unspecified atom stereocenters. The van der Waals surface area contributed by atoms with Crippen LogP contribution < -0.4 is 11.1 Å². The number of carbonyl (C=O) groups excluding carboxylic acids is 4. The highest BCUT2D eigenvalue weighted by atomic mass is 16.2. The Labute approximate surface area is 91.9 Å². The number of likely N-dealkylation sites (tertiary alicyclic amines) is 1. The number of hydrogen-bond donors (Lipinski definition) is 2. The molecule has 1 fully saturated rings. The van der Waals surface area contributed by atoms with E-state index in [1.54, 1.807) is 0 Å². The molecular formula is C9H13N3O4. The van der Waals surface area contributed by atoms with Crippen LogP contribution in [0.5, 0.6) is 0 Å². The number of hydrogen-bond acceptors (Lipinski definition) is 4. The zero-order chi connectivity index (χ0) is 12.5. The molecule has 2 atom stereocenters. The van der Waals surface area contributed by atoms with Gasteiger partial charge in [-0.25, -0.2) is 0 Å². The zero-order valence-electron chi connectivity index (χ0n) is 9.02. The van der Waals surface area contributed by atoms with Crippen LogP contribution >= 0.6 is 0 Å². The highest BCUT2D eigenvalue weighted by Crippen LogP contribution is 2.16. The molecule has 0 aromatic carbocycles. The largest absolute Gasteiger partial charge is 0.368 e. The predicted octanol–water partition coefficient (Wildman–Crippen LogP) is -1.88. The van der Waals surface area contributed by atoms with Gasteiger partial charge in [0.2, 0.25) is 17.7 Å². The number of rotatable bonds is 3. The van der Waals surface area contributed by atoms with E-state index in [4.69, 9.17) is 5.73 Å². The number of nitrogens with zero attached hydrogens (tertiary/aromatic N) is 1. The third kappa shape index (κ3) is 2.18. The van der Waals surface area contributed by atoms with E-state index in [0.717, 1.165) is 4.90 Å². The van der Waals surface area contributed by atoms with Gasteiger partial charge in [0.05, 0.1) is 6.42 Å². The molecule has 0 radical (unpaired) electrons. The number of imide groups is 1. The smallest absolute Gasteiger partial charge is 0.253 e. The molecule has 16 heavy (non-hydrogen) atoms. The molecule has 0 spiro atoms. The molecule has 0 aromatic heterocycles. The fraction of sp³-hybridized carbons (Fsp3) is 0.556. The van der Waals surface area contributed by atoms with Crippen LogP contribution in [0.15, 0.2) is 0 Å². The van der Waals surface area contributed by atoms with Gasteiger partial charge in [-0.3, -0.25) is 24.1 Å². The van der Waals surface area contributed by atoms with Gasteiger partial charge in [-0.1, -0.05) is 0 Å². The lowest BCUT2D eigenvalue weighted by Crippen LogP contribution is -2.48. The van der Waals surface area contributed by atoms with E-state index in [2.05, 4.69) is 5.32 Å². The van der Waals surface area contributed by atoms with Crippen molar-refractivity contribution in [3.8, 4) is 0 Å². The summed E-state index contributed by atoms with van der Waals surface area (Å²) in [5.74, 6) is -2.26. The first-order valence-corrected chi connectivity index (χ1v) is 4.77. The normalized spacial score (nSPS) is 22.1. The summed E-state index contributed by atoms with van der Waals surface area (Å²) in [5, 5.41) is 2.34. The van der Waals surface area contributed by atoms with Crippen molar-refractivity contribution in [2.24, 2.45) is 5.73 Å². The fourth-order valence-electron chi connectivity index (χ4n) is 1.54. The molecule has 4 amide bonds. The lowest BCUT2D eigenvalue weighted by atomic mass is 10.2. The highest BCUT2D eigenvalue weighted by Gasteiger charge is 2.42. The Morgan fingerprint density at radius 1 is 1.50 bits per heavy atom. The summed E-state index contributed by atoms with van der Waals surface area (Å²) >= 11 is 0. The first-order chi connectivity index (χ1) is 7.34. The number of amides is 4. The first kappa shape index (κ1) is 12.2. The third-order valence-electron chi connectivity index (χ3n) is 2.36. The van der Waals surface area contributed by atoms with Gasteiger partial charge in [0.15, 0.2) is 0 Å². The summed E-state index contributed by atoms with van der Waals surface area (Å²) in [4.78, 5) is 45.6. The topological polar surface area (TPSA) is 110 Å². The van der Waals surface area contributed by atoms with Crippen LogP contribution in [0.25, 0.3) is 0 Å². The Bertz CT molecular complexity index is 366. The van der Waals surface area contributed by atoms with E-state index in [9.17, 15) is 19.2 Å². The van der Waals surface area contributed by atoms with Gasteiger partial charge in [-0.15, -0.1) is 0 Å². The van der Waals surface area contributed by atoms with E-state index in [0.29, 0.717) is 0 Å². The SMILES string of the molecule is CC(=O)NC1CC(=O)N(C(C)C(N)=O)C1=O. The molecule has 1 aliphatic heterocycles. The molecule has 0 aliphatic carbocycles. The van der Waals surface area contributed by atoms with Gasteiger partial charge in [0.25, 0.3) is 5.91 Å². The predicted molar refractivity (Wildman–Crippen MR) is 52.7 cm³/mol. The van der Waals surface area contributed by atoms with E-state index in [-0.39, 0.29) is 6.42 Å². The summed E-state index contributed by atoms with van der Waals surface area (Å²) in [6, 6.07) is -1.87. The molecule has 1 saturated heterocycles. The van der Waals surface area contributed by atoms with Crippen molar-refractivity contribution in [2.75, 3.05) is 0 Å². The number of carbonyl (C=O) groups is 4. The van der Waals surface area contributed by atoms with Crippen molar-refractivity contribution >= 4 is 23.6 Å². The molecule has 0 saturated carbocycles. The van der Waals surface area contributed by atoms with Crippen molar-refractivity contribution in [1.82, 2.24) is 10.2 Å². The minimum absolute atomic E-state index is 0.129. The van der Waals surface area contributed by atoms with Gasteiger partial charge in [-0.2, -0.15) is 0 Å². The summed E-state index contributed by atoms with van der Waals surface area (Å²) in [7, 11) is 0. The average Bonchev–Trinajstić information content (AvgIpc) is 2.40. The molecular weight excluding hydrogens is 214 g/mol. The maximum absolute atomic E-state index is 11.7. The quantitative estimate of drug-likeness (QED) is 0.550. The Morgan fingerprint density at radius 2 is 2.06 bits per heavy atom. The monoisotopic (exact) mass is 227 g/mol. The average molecular weight is 227 g/mol. The van der Waals surface area contributed by atoms with Crippen LogP contribution in [0, 0.1) is 0 Å². The Balaban J connectivity index is 2.83. The maximum atomic E-state index is 11.7. The van der Waals surface area contributed by atoms with Crippen LogP contribution in [0.3, 0.4) is 0 Å². The lowest BCUT2D eigenvalue weighted by Gasteiger charge is -2.19. The number of nitrogens with two attached hydrogens (primary N) is 1. The van der Waals surface area contributed by atoms with Crippen molar-refractivity contribution in [3.63, 3.8) is 0 Å². The second kappa shape index (κ2) is 4.30. The minimum atomic E-state index is -0.987. The Morgan fingerprint density at radius 3 is 2.50 bits per heavy atom. The molecule has 1 rings (SSSR count). The van der Waals surface area contributed by atoms with Crippen molar-refractivity contribution in [3.05, 3.63) is 0 Å². The van der Waals surface area contributed by atoms with E-state index in [1.165, 1.54) is 13.8 Å². The van der Waals surface area contributed by atoms with Crippen molar-refractivity contribution in [2.45, 2.75) is 32.4 Å². The Kier molecular flexibility index (Phi) is 3.26. The van der Waals surface area contributed by atoms with E-state index in [1.807, 2.05) is 0 Å². The number of nitrogens with one attached hydrogen (secondary N) is 1. The molecule has 0 bridgehead atoms. The molecule has 1 heterocycles. The molecule has 7 nitrogen and oxygen atoms in total. The standard InChI is InChI=1S/C9H13N3O4/c1-4(8(10)15)12-7(14)3-6(9(12)16)11-5(2)13/h4,6H,3H2,1-2H3,(H2,10,15)(H,11,13). The summed E-state index contributed by atoms with van der Waals surface area (Å²) in [6.07, 6.45) is -0.129. The second-order valence-electron chi connectivity index (χ2n) is 3.64. The summed E-state index contributed by atoms with van der Waals surface area (Å²) in [5.41, 5.74) is 5.01. The maximum Gasteiger partial charge on any atom is 0.253 e. The highest BCUT2D eigenvalue weighted by molar-refractivity contribution is 6.09. The van der Waals surface area contributed by atoms with Crippen LogP contribution in [-0.4, -0.2) is 40.6 Å². The van der Waals surface area contributed by atoms with Gasteiger partial charge < -0.3 is 11.1 Å². The first-order valence-electron chi connectivity index (χ1n) is 4.77. The van der Waals surface area contributed by atoms with Crippen molar-refractivity contribution in [1.29, 1.82) is 0 Å². The Hall–Kier alpha value is -1.92. The minimum Gasteiger partial charge on any atom is -0.368 e. The molecule has 3 N–H and O–H groups in total. The van der Waals surface area contributed by atoms with Crippen LogP contribution in [0.2, 0.25) is 0 Å². The molecule has 1 aliphatic rings. The number of primary amides is 1. The van der Waals surface area contributed by atoms with Crippen LogP contribution in [0.4, 0.5) is 0 Å². The summed E-state index contributed by atoms with van der Waals surface area (Å²) < 4.78 is 0. The van der Waals surface area contributed by atoms with Gasteiger partial charge in [0, 0.05) is 6.92 Å². The van der Waals surface area contributed by atoms with E-state index < -0.39 is 35.7 Å². The van der Waals surface area contributed by atoms with Crippen LogP contribution in [-0.2, 0) is 19.2 Å². The molecule has 0 aromatic rings. The van der Waals surface area contributed by atoms with Crippen LogP contribution in [0.1, 0.15) is 20.3 Å². The van der Waals surface area contributed by atoms with Gasteiger partial charge in [-0.05, 0) is 6.92 Å². The third-order valence-corrected chi connectivity index (χ3v) is 2.36. The lowest BCUT2D eigenvalue weighted by molar-refractivity contribution is -0.146. The van der Waals surface area contributed by atoms with Crippen molar-refractivity contribution < 1.29 is 19.2 Å². The summed E-state index contributed by atoms with van der Waals surface area (Å²) in [6.45, 7) is 2.62. The van der Waals surface area contributed by atoms with E-state index >= 15 is 0 Å². The zero-order valence-corrected chi connectivity index (χ0v) is 9.02. The van der Waals surface area contributed by atoms with Gasteiger partial charge in [0.1, 0.15) is 12.1 Å².